The number of nitrogen functional groups attached to an aromatic ring is 1. The van der Waals surface area contributed by atoms with Crippen molar-refractivity contribution in [2.45, 2.75) is 25.7 Å². The molecule has 1 heterocycles. The number of nitrogens with two attached hydrogens (primary N) is 2. The molecule has 12 heteroatoms. The summed E-state index contributed by atoms with van der Waals surface area (Å²) in [5, 5.41) is 27.3. The molecule has 0 bridgehead atoms. The summed E-state index contributed by atoms with van der Waals surface area (Å²) in [5.41, 5.74) is 13.1. The van der Waals surface area contributed by atoms with Gasteiger partial charge in [-0.05, 0) is 37.3 Å². The Hall–Kier alpha value is -4.03. The van der Waals surface area contributed by atoms with Crippen molar-refractivity contribution in [2.24, 2.45) is 5.73 Å². The Labute approximate surface area is 228 Å². The summed E-state index contributed by atoms with van der Waals surface area (Å²) in [6.07, 6.45) is -1.40. The van der Waals surface area contributed by atoms with Crippen LogP contribution in [0.5, 0.6) is 0 Å². The highest BCUT2D eigenvalue weighted by atomic mass is 35.5. The van der Waals surface area contributed by atoms with E-state index in [1.54, 1.807) is 61.5 Å². The third-order valence-corrected chi connectivity index (χ3v) is 6.57. The quantitative estimate of drug-likeness (QED) is 0.157. The zero-order chi connectivity index (χ0) is 28.3. The number of aromatic nitrogens is 2. The third-order valence-electron chi connectivity index (χ3n) is 6.24. The van der Waals surface area contributed by atoms with Crippen LogP contribution in [-0.2, 0) is 16.1 Å². The summed E-state index contributed by atoms with van der Waals surface area (Å²) in [6.45, 7) is 0.370. The lowest BCUT2D eigenvalue weighted by Crippen LogP contribution is -2.46. The standard InChI is InChI=1S/C27H28ClFN6O4/c1-15(14-36)34(24(38)13-35-22-10-9-16(30)11-19(22)26(33-35)27(31)39)12-23(37)32-21-8-4-6-18(25(21)29)17-5-2-3-7-20(17)28/h2-11,15,27,36,39H,12-14,30-31H2,1H3,(H,32,37)/t15-,27?/m1/s1. The van der Waals surface area contributed by atoms with Crippen molar-refractivity contribution < 1.29 is 24.2 Å². The fourth-order valence-corrected chi connectivity index (χ4v) is 4.47. The van der Waals surface area contributed by atoms with Crippen LogP contribution >= 0.6 is 11.6 Å². The molecule has 0 radical (unpaired) electrons. The summed E-state index contributed by atoms with van der Waals surface area (Å²) in [6, 6.07) is 15.4. The van der Waals surface area contributed by atoms with E-state index in [1.807, 2.05) is 0 Å². The Bertz CT molecular complexity index is 1530. The zero-order valence-corrected chi connectivity index (χ0v) is 21.8. The maximum atomic E-state index is 15.3. The molecular weight excluding hydrogens is 527 g/mol. The Morgan fingerprint density at radius 2 is 1.87 bits per heavy atom. The van der Waals surface area contributed by atoms with Crippen molar-refractivity contribution in [2.75, 3.05) is 24.2 Å². The number of benzene rings is 3. The second-order valence-electron chi connectivity index (χ2n) is 9.01. The third kappa shape index (κ3) is 6.02. The molecule has 1 unspecified atom stereocenters. The number of rotatable bonds is 9. The molecular formula is C27H28ClFN6O4. The monoisotopic (exact) mass is 554 g/mol. The normalized spacial score (nSPS) is 12.8. The van der Waals surface area contributed by atoms with Crippen LogP contribution in [0.2, 0.25) is 5.02 Å². The highest BCUT2D eigenvalue weighted by Crippen LogP contribution is 2.32. The lowest BCUT2D eigenvalue weighted by Gasteiger charge is -2.27. The van der Waals surface area contributed by atoms with Gasteiger partial charge in [-0.25, -0.2) is 4.39 Å². The fourth-order valence-electron chi connectivity index (χ4n) is 4.23. The maximum Gasteiger partial charge on any atom is 0.245 e. The van der Waals surface area contributed by atoms with E-state index in [9.17, 15) is 19.8 Å². The molecule has 0 saturated carbocycles. The van der Waals surface area contributed by atoms with Crippen molar-refractivity contribution in [3.05, 3.63) is 77.2 Å². The number of amides is 2. The highest BCUT2D eigenvalue weighted by Gasteiger charge is 2.25. The summed E-state index contributed by atoms with van der Waals surface area (Å²) in [5.74, 6) is -1.89. The molecule has 0 spiro atoms. The summed E-state index contributed by atoms with van der Waals surface area (Å²) in [4.78, 5) is 27.4. The molecule has 4 rings (SSSR count). The smallest absolute Gasteiger partial charge is 0.245 e. The number of nitrogens with one attached hydrogen (secondary N) is 1. The minimum Gasteiger partial charge on any atom is -0.399 e. The SMILES string of the molecule is C[C@H](CO)N(CC(=O)Nc1cccc(-c2ccccc2Cl)c1F)C(=O)Cn1nc(C(N)O)c2cc(N)ccc21. The van der Waals surface area contributed by atoms with Gasteiger partial charge in [0, 0.05) is 27.2 Å². The highest BCUT2D eigenvalue weighted by molar-refractivity contribution is 6.33. The number of aliphatic hydroxyl groups is 2. The number of carbonyl (C=O) groups excluding carboxylic acids is 2. The number of hydrogen-bond donors (Lipinski definition) is 5. The molecule has 4 aromatic rings. The van der Waals surface area contributed by atoms with Gasteiger partial charge in [0.05, 0.1) is 23.9 Å². The van der Waals surface area contributed by atoms with Gasteiger partial charge in [0.15, 0.2) is 5.82 Å². The minimum absolute atomic E-state index is 0.0845. The summed E-state index contributed by atoms with van der Waals surface area (Å²) >= 11 is 6.22. The van der Waals surface area contributed by atoms with Crippen LogP contribution in [0.1, 0.15) is 18.8 Å². The van der Waals surface area contributed by atoms with E-state index < -0.39 is 43.1 Å². The molecule has 2 atom stereocenters. The largest absolute Gasteiger partial charge is 0.399 e. The van der Waals surface area contributed by atoms with E-state index >= 15 is 4.39 Å². The Kier molecular flexibility index (Phi) is 8.46. The van der Waals surface area contributed by atoms with Crippen molar-refractivity contribution in [1.29, 1.82) is 0 Å². The lowest BCUT2D eigenvalue weighted by molar-refractivity contribution is -0.138. The van der Waals surface area contributed by atoms with Gasteiger partial charge in [0.1, 0.15) is 25.0 Å². The molecule has 1 aromatic heterocycles. The van der Waals surface area contributed by atoms with Crippen LogP contribution in [-0.4, -0.2) is 55.9 Å². The molecule has 204 valence electrons. The van der Waals surface area contributed by atoms with E-state index in [-0.39, 0.29) is 23.5 Å². The molecule has 0 aliphatic carbocycles. The Balaban J connectivity index is 1.55. The lowest BCUT2D eigenvalue weighted by atomic mass is 10.0. The number of hydrogen-bond acceptors (Lipinski definition) is 7. The maximum absolute atomic E-state index is 15.3. The molecule has 7 N–H and O–H groups in total. The van der Waals surface area contributed by atoms with Crippen LogP contribution in [0.15, 0.2) is 60.7 Å². The first kappa shape index (κ1) is 28.0. The number of nitrogens with zero attached hydrogens (tertiary/aromatic N) is 3. The van der Waals surface area contributed by atoms with Gasteiger partial charge in [0.2, 0.25) is 11.8 Å². The van der Waals surface area contributed by atoms with Crippen molar-refractivity contribution in [3.8, 4) is 11.1 Å². The molecule has 2 amide bonds. The molecule has 3 aromatic carbocycles. The molecule has 10 nitrogen and oxygen atoms in total. The van der Waals surface area contributed by atoms with E-state index in [1.165, 1.54) is 10.7 Å². The average molecular weight is 555 g/mol. The second-order valence-corrected chi connectivity index (χ2v) is 9.42. The van der Waals surface area contributed by atoms with Gasteiger partial charge in [-0.3, -0.25) is 14.3 Å². The topological polar surface area (TPSA) is 160 Å². The first-order valence-corrected chi connectivity index (χ1v) is 12.4. The van der Waals surface area contributed by atoms with Crippen LogP contribution in [0, 0.1) is 5.82 Å². The van der Waals surface area contributed by atoms with Gasteiger partial charge >= 0.3 is 0 Å². The van der Waals surface area contributed by atoms with Crippen LogP contribution in [0.3, 0.4) is 0 Å². The van der Waals surface area contributed by atoms with Crippen molar-refractivity contribution >= 4 is 45.7 Å². The first-order chi connectivity index (χ1) is 18.6. The number of fused-ring (bicyclic) bond motifs is 1. The van der Waals surface area contributed by atoms with Crippen LogP contribution < -0.4 is 16.8 Å². The number of aliphatic hydroxyl groups excluding tert-OH is 2. The van der Waals surface area contributed by atoms with Crippen LogP contribution in [0.25, 0.3) is 22.0 Å². The van der Waals surface area contributed by atoms with Crippen molar-refractivity contribution in [1.82, 2.24) is 14.7 Å². The predicted molar refractivity (Wildman–Crippen MR) is 147 cm³/mol. The number of carbonyl (C=O) groups is 2. The van der Waals surface area contributed by atoms with E-state index in [0.29, 0.717) is 27.2 Å². The summed E-state index contributed by atoms with van der Waals surface area (Å²) in [7, 11) is 0. The number of halogens is 2. The molecule has 0 fully saturated rings. The molecule has 0 aliphatic heterocycles. The Morgan fingerprint density at radius 1 is 1.15 bits per heavy atom. The van der Waals surface area contributed by atoms with Gasteiger partial charge in [0.25, 0.3) is 0 Å². The molecule has 0 saturated heterocycles. The predicted octanol–water partition coefficient (Wildman–Crippen LogP) is 2.88. The first-order valence-electron chi connectivity index (χ1n) is 12.0. The molecule has 0 aliphatic rings. The zero-order valence-electron chi connectivity index (χ0n) is 21.0. The van der Waals surface area contributed by atoms with E-state index in [4.69, 9.17) is 23.1 Å². The average Bonchev–Trinajstić information content (AvgIpc) is 3.26. The van der Waals surface area contributed by atoms with E-state index in [0.717, 1.165) is 4.90 Å². The minimum atomic E-state index is -1.40. The van der Waals surface area contributed by atoms with Gasteiger partial charge in [-0.15, -0.1) is 0 Å². The van der Waals surface area contributed by atoms with Gasteiger partial charge in [-0.2, -0.15) is 5.10 Å². The molecule has 39 heavy (non-hydrogen) atoms. The van der Waals surface area contributed by atoms with Crippen LogP contribution in [0.4, 0.5) is 15.8 Å². The summed E-state index contributed by atoms with van der Waals surface area (Å²) < 4.78 is 16.6. The van der Waals surface area contributed by atoms with Crippen molar-refractivity contribution in [3.63, 3.8) is 0 Å². The van der Waals surface area contributed by atoms with E-state index in [2.05, 4.69) is 10.4 Å². The number of anilines is 2. The van der Waals surface area contributed by atoms with Gasteiger partial charge in [-0.1, -0.05) is 41.9 Å². The van der Waals surface area contributed by atoms with Gasteiger partial charge < -0.3 is 31.9 Å². The fraction of sp³-hybridized carbons (Fsp3) is 0.222. The Morgan fingerprint density at radius 3 is 2.56 bits per heavy atom. The second kappa shape index (κ2) is 11.8.